The predicted molar refractivity (Wildman–Crippen MR) is 75.3 cm³/mol. The molecule has 0 bridgehead atoms. The Kier molecular flexibility index (Phi) is 5.66. The third-order valence-electron chi connectivity index (χ3n) is 4.45. The van der Waals surface area contributed by atoms with E-state index >= 15 is 0 Å². The molecule has 1 aliphatic rings. The number of hydrogen-bond acceptors (Lipinski definition) is 3. The Morgan fingerprint density at radius 2 is 2.00 bits per heavy atom. The second-order valence-corrected chi connectivity index (χ2v) is 8.76. The molecule has 1 N–H and O–H groups in total. The van der Waals surface area contributed by atoms with Gasteiger partial charge in [-0.15, -0.1) is 0 Å². The fraction of sp³-hybridized carbons (Fsp3) is 1.00. The van der Waals surface area contributed by atoms with Crippen LogP contribution in [0.1, 0.15) is 59.3 Å². The SMILES string of the molecule is CCS(=O)(=O)CCCC(O)C1CCCCC1(C)C. The van der Waals surface area contributed by atoms with Crippen molar-refractivity contribution in [3.8, 4) is 0 Å². The molecule has 0 heterocycles. The van der Waals surface area contributed by atoms with E-state index in [0.717, 1.165) is 6.42 Å². The molecule has 0 amide bonds. The summed E-state index contributed by atoms with van der Waals surface area (Å²) in [5.41, 5.74) is 0.196. The van der Waals surface area contributed by atoms with Gasteiger partial charge >= 0.3 is 0 Å². The van der Waals surface area contributed by atoms with E-state index in [9.17, 15) is 13.5 Å². The van der Waals surface area contributed by atoms with Crippen LogP contribution in [0.3, 0.4) is 0 Å². The molecular weight excluding hydrogens is 248 g/mol. The maximum absolute atomic E-state index is 11.4. The van der Waals surface area contributed by atoms with E-state index in [1.807, 2.05) is 0 Å². The number of rotatable bonds is 6. The van der Waals surface area contributed by atoms with Crippen molar-refractivity contribution < 1.29 is 13.5 Å². The van der Waals surface area contributed by atoms with Crippen molar-refractivity contribution in [1.82, 2.24) is 0 Å². The molecule has 4 heteroatoms. The Labute approximate surface area is 112 Å². The van der Waals surface area contributed by atoms with E-state index in [-0.39, 0.29) is 23.0 Å². The Balaban J connectivity index is 2.43. The molecule has 2 atom stereocenters. The highest BCUT2D eigenvalue weighted by Crippen LogP contribution is 2.43. The van der Waals surface area contributed by atoms with Crippen LogP contribution in [0.2, 0.25) is 0 Å². The van der Waals surface area contributed by atoms with Gasteiger partial charge in [-0.05, 0) is 37.0 Å². The number of aliphatic hydroxyl groups is 1. The first kappa shape index (κ1) is 16.0. The third-order valence-corrected chi connectivity index (χ3v) is 6.24. The van der Waals surface area contributed by atoms with Crippen molar-refractivity contribution in [3.05, 3.63) is 0 Å². The summed E-state index contributed by atoms with van der Waals surface area (Å²) < 4.78 is 22.8. The van der Waals surface area contributed by atoms with Crippen LogP contribution in [0.25, 0.3) is 0 Å². The molecule has 0 aromatic carbocycles. The largest absolute Gasteiger partial charge is 0.393 e. The fourth-order valence-electron chi connectivity index (χ4n) is 3.09. The van der Waals surface area contributed by atoms with Gasteiger partial charge in [0, 0.05) is 5.75 Å². The minimum absolute atomic E-state index is 0.196. The van der Waals surface area contributed by atoms with E-state index in [1.54, 1.807) is 6.92 Å². The van der Waals surface area contributed by atoms with Crippen LogP contribution in [0.5, 0.6) is 0 Å². The molecule has 2 unspecified atom stereocenters. The minimum atomic E-state index is -2.89. The maximum atomic E-state index is 11.4. The Bertz CT molecular complexity index is 346. The van der Waals surface area contributed by atoms with E-state index in [1.165, 1.54) is 19.3 Å². The quantitative estimate of drug-likeness (QED) is 0.811. The molecule has 18 heavy (non-hydrogen) atoms. The smallest absolute Gasteiger partial charge is 0.150 e. The maximum Gasteiger partial charge on any atom is 0.150 e. The summed E-state index contributed by atoms with van der Waals surface area (Å²) in [6.07, 6.45) is 5.56. The lowest BCUT2D eigenvalue weighted by atomic mass is 9.66. The molecule has 1 rings (SSSR count). The average molecular weight is 276 g/mol. The van der Waals surface area contributed by atoms with Gasteiger partial charge in [-0.1, -0.05) is 33.6 Å². The normalized spacial score (nSPS) is 25.9. The zero-order valence-electron chi connectivity index (χ0n) is 12.0. The van der Waals surface area contributed by atoms with E-state index in [0.29, 0.717) is 18.8 Å². The first-order valence-electron chi connectivity index (χ1n) is 7.17. The van der Waals surface area contributed by atoms with E-state index in [2.05, 4.69) is 13.8 Å². The second-order valence-electron chi connectivity index (χ2n) is 6.29. The van der Waals surface area contributed by atoms with Gasteiger partial charge in [0.05, 0.1) is 11.9 Å². The van der Waals surface area contributed by atoms with E-state index in [4.69, 9.17) is 0 Å². The number of sulfone groups is 1. The van der Waals surface area contributed by atoms with Gasteiger partial charge in [0.1, 0.15) is 9.84 Å². The summed E-state index contributed by atoms with van der Waals surface area (Å²) in [6, 6.07) is 0. The second kappa shape index (κ2) is 6.38. The number of hydrogen-bond donors (Lipinski definition) is 1. The Morgan fingerprint density at radius 1 is 1.33 bits per heavy atom. The lowest BCUT2D eigenvalue weighted by Crippen LogP contribution is -2.37. The summed E-state index contributed by atoms with van der Waals surface area (Å²) in [4.78, 5) is 0. The van der Waals surface area contributed by atoms with Gasteiger partial charge in [-0.3, -0.25) is 0 Å². The van der Waals surface area contributed by atoms with Crippen molar-refractivity contribution in [2.75, 3.05) is 11.5 Å². The van der Waals surface area contributed by atoms with Gasteiger partial charge in [0.15, 0.2) is 0 Å². The van der Waals surface area contributed by atoms with Crippen LogP contribution < -0.4 is 0 Å². The summed E-state index contributed by atoms with van der Waals surface area (Å²) in [5.74, 6) is 0.752. The zero-order valence-corrected chi connectivity index (χ0v) is 12.8. The van der Waals surface area contributed by atoms with E-state index < -0.39 is 9.84 Å². The molecule has 1 fully saturated rings. The summed E-state index contributed by atoms with van der Waals surface area (Å²) in [5, 5.41) is 10.3. The molecule has 0 radical (unpaired) electrons. The van der Waals surface area contributed by atoms with Crippen molar-refractivity contribution in [2.24, 2.45) is 11.3 Å². The first-order chi connectivity index (χ1) is 8.28. The lowest BCUT2D eigenvalue weighted by Gasteiger charge is -2.41. The highest BCUT2D eigenvalue weighted by molar-refractivity contribution is 7.91. The highest BCUT2D eigenvalue weighted by atomic mass is 32.2. The fourth-order valence-corrected chi connectivity index (χ4v) is 3.99. The summed E-state index contributed by atoms with van der Waals surface area (Å²) in [7, 11) is -2.89. The Hall–Kier alpha value is -0.0900. The lowest BCUT2D eigenvalue weighted by molar-refractivity contribution is 0.000610. The van der Waals surface area contributed by atoms with Crippen LogP contribution >= 0.6 is 0 Å². The van der Waals surface area contributed by atoms with Gasteiger partial charge < -0.3 is 5.11 Å². The summed E-state index contributed by atoms with van der Waals surface area (Å²) in [6.45, 7) is 6.13. The van der Waals surface area contributed by atoms with Crippen LogP contribution in [0, 0.1) is 11.3 Å². The number of aliphatic hydroxyl groups excluding tert-OH is 1. The van der Waals surface area contributed by atoms with Gasteiger partial charge in [0.2, 0.25) is 0 Å². The van der Waals surface area contributed by atoms with Crippen molar-refractivity contribution >= 4 is 9.84 Å². The molecule has 108 valence electrons. The average Bonchev–Trinajstić information content (AvgIpc) is 2.28. The first-order valence-corrected chi connectivity index (χ1v) is 8.99. The van der Waals surface area contributed by atoms with Gasteiger partial charge in [0.25, 0.3) is 0 Å². The monoisotopic (exact) mass is 276 g/mol. The molecule has 3 nitrogen and oxygen atoms in total. The van der Waals surface area contributed by atoms with Gasteiger partial charge in [-0.25, -0.2) is 8.42 Å². The van der Waals surface area contributed by atoms with Crippen LogP contribution in [0.15, 0.2) is 0 Å². The molecule has 0 spiro atoms. The molecule has 1 aliphatic carbocycles. The predicted octanol–water partition coefficient (Wildman–Crippen LogP) is 2.78. The van der Waals surface area contributed by atoms with Crippen LogP contribution in [-0.2, 0) is 9.84 Å². The van der Waals surface area contributed by atoms with Crippen LogP contribution in [0.4, 0.5) is 0 Å². The van der Waals surface area contributed by atoms with Crippen LogP contribution in [-0.4, -0.2) is 31.1 Å². The van der Waals surface area contributed by atoms with Crippen molar-refractivity contribution in [1.29, 1.82) is 0 Å². The van der Waals surface area contributed by atoms with Crippen molar-refractivity contribution in [3.63, 3.8) is 0 Å². The molecule has 0 aromatic heterocycles. The molecule has 0 saturated heterocycles. The summed E-state index contributed by atoms with van der Waals surface area (Å²) >= 11 is 0. The molecular formula is C14H28O3S. The molecule has 0 aliphatic heterocycles. The van der Waals surface area contributed by atoms with Crippen molar-refractivity contribution in [2.45, 2.75) is 65.4 Å². The minimum Gasteiger partial charge on any atom is -0.393 e. The zero-order chi connectivity index (χ0) is 13.8. The Morgan fingerprint density at radius 3 is 2.56 bits per heavy atom. The van der Waals surface area contributed by atoms with Gasteiger partial charge in [-0.2, -0.15) is 0 Å². The topological polar surface area (TPSA) is 54.4 Å². The molecule has 0 aromatic rings. The third kappa shape index (κ3) is 4.54. The standard InChI is InChI=1S/C14H28O3S/c1-4-18(16,17)11-7-9-13(15)12-8-5-6-10-14(12,2)3/h12-13,15H,4-11H2,1-3H3. The highest BCUT2D eigenvalue weighted by Gasteiger charge is 2.36. The molecule has 1 saturated carbocycles.